The van der Waals surface area contributed by atoms with Gasteiger partial charge in [0.1, 0.15) is 6.04 Å². The highest BCUT2D eigenvalue weighted by atomic mass is 16.5. The Morgan fingerprint density at radius 3 is 2.50 bits per heavy atom. The van der Waals surface area contributed by atoms with Gasteiger partial charge in [0.2, 0.25) is 5.91 Å². The molecular weight excluding hydrogens is 160 g/mol. The van der Waals surface area contributed by atoms with Gasteiger partial charge in [-0.15, -0.1) is 0 Å². The number of rotatable bonds is 1. The van der Waals surface area contributed by atoms with Gasteiger partial charge in [-0.25, -0.2) is 5.06 Å². The number of carbonyl (C=O) groups is 2. The van der Waals surface area contributed by atoms with Crippen LogP contribution >= 0.6 is 0 Å². The fourth-order valence-corrected chi connectivity index (χ4v) is 1.21. The first kappa shape index (κ1) is 8.99. The van der Waals surface area contributed by atoms with Crippen LogP contribution in [0.25, 0.3) is 0 Å². The minimum absolute atomic E-state index is 0.269. The lowest BCUT2D eigenvalue weighted by Gasteiger charge is -2.49. The zero-order valence-electron chi connectivity index (χ0n) is 7.29. The molecule has 0 radical (unpaired) electrons. The minimum Gasteiger partial charge on any atom is -0.342 e. The Bertz CT molecular complexity index is 237. The van der Waals surface area contributed by atoms with E-state index in [-0.39, 0.29) is 5.91 Å². The number of hydrogen-bond acceptors (Lipinski definition) is 3. The van der Waals surface area contributed by atoms with Gasteiger partial charge < -0.3 is 5.32 Å². The first-order valence-corrected chi connectivity index (χ1v) is 3.67. The summed E-state index contributed by atoms with van der Waals surface area (Å²) in [7, 11) is 0. The summed E-state index contributed by atoms with van der Waals surface area (Å²) >= 11 is 0. The molecule has 2 N–H and O–H groups in total. The highest BCUT2D eigenvalue weighted by molar-refractivity contribution is 5.93. The number of hydroxylamine groups is 2. The molecule has 1 saturated heterocycles. The molecule has 68 valence electrons. The fourth-order valence-electron chi connectivity index (χ4n) is 1.21. The lowest BCUT2D eigenvalue weighted by Crippen LogP contribution is -2.75. The number of carbonyl (C=O) groups excluding carboxylic acids is 2. The van der Waals surface area contributed by atoms with Crippen molar-refractivity contribution in [2.24, 2.45) is 0 Å². The van der Waals surface area contributed by atoms with Crippen LogP contribution in [0.5, 0.6) is 0 Å². The summed E-state index contributed by atoms with van der Waals surface area (Å²) in [5.41, 5.74) is -0.692. The summed E-state index contributed by atoms with van der Waals surface area (Å²) in [4.78, 5) is 21.6. The second kappa shape index (κ2) is 2.45. The standard InChI is InChI=1S/C7H12N2O3/c1-4(10)8-5-6(11)9(12)7(5,2)3/h5,12H,1-3H3,(H,8,10)/t5-/m1/s1. The van der Waals surface area contributed by atoms with Gasteiger partial charge in [-0.05, 0) is 13.8 Å². The molecule has 1 aliphatic rings. The second-order valence-electron chi connectivity index (χ2n) is 3.44. The van der Waals surface area contributed by atoms with Gasteiger partial charge in [-0.2, -0.15) is 0 Å². The highest BCUT2D eigenvalue weighted by Gasteiger charge is 2.54. The predicted octanol–water partition coefficient (Wildman–Crippen LogP) is -0.499. The topological polar surface area (TPSA) is 69.6 Å². The largest absolute Gasteiger partial charge is 0.342 e. The van der Waals surface area contributed by atoms with Gasteiger partial charge in [0, 0.05) is 6.92 Å². The van der Waals surface area contributed by atoms with Crippen molar-refractivity contribution in [3.63, 3.8) is 0 Å². The van der Waals surface area contributed by atoms with Crippen LogP contribution in [0.1, 0.15) is 20.8 Å². The van der Waals surface area contributed by atoms with E-state index >= 15 is 0 Å². The van der Waals surface area contributed by atoms with Crippen molar-refractivity contribution >= 4 is 11.8 Å². The molecule has 0 aliphatic carbocycles. The van der Waals surface area contributed by atoms with Gasteiger partial charge in [0.15, 0.2) is 0 Å². The van der Waals surface area contributed by atoms with Crippen molar-refractivity contribution in [3.8, 4) is 0 Å². The van der Waals surface area contributed by atoms with Crippen LogP contribution in [0.15, 0.2) is 0 Å². The highest BCUT2D eigenvalue weighted by Crippen LogP contribution is 2.28. The molecule has 0 bridgehead atoms. The molecule has 0 aromatic heterocycles. The summed E-state index contributed by atoms with van der Waals surface area (Å²) in [6.07, 6.45) is 0. The van der Waals surface area contributed by atoms with Crippen LogP contribution in [0.2, 0.25) is 0 Å². The normalized spacial score (nSPS) is 26.5. The van der Waals surface area contributed by atoms with E-state index in [4.69, 9.17) is 5.21 Å². The van der Waals surface area contributed by atoms with Crippen molar-refractivity contribution in [1.82, 2.24) is 10.4 Å². The number of nitrogens with one attached hydrogen (secondary N) is 1. The van der Waals surface area contributed by atoms with E-state index in [1.165, 1.54) is 6.92 Å². The second-order valence-corrected chi connectivity index (χ2v) is 3.44. The van der Waals surface area contributed by atoms with Crippen molar-refractivity contribution in [2.75, 3.05) is 0 Å². The maximum Gasteiger partial charge on any atom is 0.271 e. The first-order valence-electron chi connectivity index (χ1n) is 3.67. The predicted molar refractivity (Wildman–Crippen MR) is 40.3 cm³/mol. The van der Waals surface area contributed by atoms with E-state index in [2.05, 4.69) is 5.32 Å². The molecule has 1 rings (SSSR count). The van der Waals surface area contributed by atoms with E-state index in [1.807, 2.05) is 0 Å². The monoisotopic (exact) mass is 172 g/mol. The Labute approximate surface area is 70.3 Å². The maximum absolute atomic E-state index is 11.0. The lowest BCUT2D eigenvalue weighted by atomic mass is 9.84. The molecule has 5 heteroatoms. The number of nitrogens with zero attached hydrogens (tertiary/aromatic N) is 1. The van der Waals surface area contributed by atoms with E-state index in [9.17, 15) is 9.59 Å². The van der Waals surface area contributed by atoms with E-state index in [0.717, 1.165) is 0 Å². The molecule has 5 nitrogen and oxygen atoms in total. The van der Waals surface area contributed by atoms with Gasteiger partial charge in [0.05, 0.1) is 5.54 Å². The number of hydrogen-bond donors (Lipinski definition) is 2. The summed E-state index contributed by atoms with van der Waals surface area (Å²) in [6.45, 7) is 4.69. The summed E-state index contributed by atoms with van der Waals surface area (Å²) in [5, 5.41) is 12.2. The molecule has 0 aromatic carbocycles. The average molecular weight is 172 g/mol. The van der Waals surface area contributed by atoms with Gasteiger partial charge >= 0.3 is 0 Å². The Morgan fingerprint density at radius 1 is 1.67 bits per heavy atom. The summed E-state index contributed by atoms with van der Waals surface area (Å²) in [5.74, 6) is -0.732. The third-order valence-corrected chi connectivity index (χ3v) is 2.06. The summed E-state index contributed by atoms with van der Waals surface area (Å²) < 4.78 is 0. The zero-order chi connectivity index (χ0) is 9.52. The zero-order valence-corrected chi connectivity index (χ0v) is 7.29. The number of β-lactam (4-membered cyclic amide) rings is 1. The SMILES string of the molecule is CC(=O)N[C@@H]1C(=O)N(O)C1(C)C. The van der Waals surface area contributed by atoms with Crippen molar-refractivity contribution in [1.29, 1.82) is 0 Å². The van der Waals surface area contributed by atoms with Crippen LogP contribution in [0.4, 0.5) is 0 Å². The third kappa shape index (κ3) is 1.06. The molecule has 1 atom stereocenters. The summed E-state index contributed by atoms with van der Waals surface area (Å²) in [6, 6.07) is -0.597. The molecule has 12 heavy (non-hydrogen) atoms. The Hall–Kier alpha value is -1.10. The van der Waals surface area contributed by atoms with Gasteiger partial charge in [-0.1, -0.05) is 0 Å². The molecule has 0 aromatic rings. The van der Waals surface area contributed by atoms with Crippen molar-refractivity contribution in [3.05, 3.63) is 0 Å². The first-order chi connectivity index (χ1) is 5.37. The van der Waals surface area contributed by atoms with E-state index < -0.39 is 17.5 Å². The smallest absolute Gasteiger partial charge is 0.271 e. The Kier molecular flexibility index (Phi) is 1.83. The molecule has 1 fully saturated rings. The Morgan fingerprint density at radius 2 is 2.17 bits per heavy atom. The average Bonchev–Trinajstić information content (AvgIpc) is 1.98. The molecule has 1 aliphatic heterocycles. The molecular formula is C7H12N2O3. The third-order valence-electron chi connectivity index (χ3n) is 2.06. The molecule has 0 saturated carbocycles. The lowest BCUT2D eigenvalue weighted by molar-refractivity contribution is -0.231. The Balaban J connectivity index is 2.68. The maximum atomic E-state index is 11.0. The quantitative estimate of drug-likeness (QED) is 0.414. The molecule has 0 spiro atoms. The number of amides is 2. The molecule has 2 amide bonds. The van der Waals surface area contributed by atoms with Crippen LogP contribution < -0.4 is 5.32 Å². The van der Waals surface area contributed by atoms with E-state index in [1.54, 1.807) is 13.8 Å². The molecule has 0 unspecified atom stereocenters. The minimum atomic E-state index is -0.692. The van der Waals surface area contributed by atoms with Gasteiger partial charge in [-0.3, -0.25) is 14.8 Å². The van der Waals surface area contributed by atoms with Crippen LogP contribution in [-0.4, -0.2) is 33.7 Å². The van der Waals surface area contributed by atoms with Crippen molar-refractivity contribution < 1.29 is 14.8 Å². The van der Waals surface area contributed by atoms with Gasteiger partial charge in [0.25, 0.3) is 5.91 Å². The molecule has 1 heterocycles. The van der Waals surface area contributed by atoms with Crippen molar-refractivity contribution in [2.45, 2.75) is 32.4 Å². The van der Waals surface area contributed by atoms with Crippen LogP contribution in [0.3, 0.4) is 0 Å². The van der Waals surface area contributed by atoms with Crippen LogP contribution in [-0.2, 0) is 9.59 Å². The van der Waals surface area contributed by atoms with Crippen LogP contribution in [0, 0.1) is 0 Å². The van der Waals surface area contributed by atoms with E-state index in [0.29, 0.717) is 5.06 Å². The fraction of sp³-hybridized carbons (Fsp3) is 0.714.